The number of rotatable bonds is 4. The van der Waals surface area contributed by atoms with Crippen LogP contribution in [0.5, 0.6) is 0 Å². The summed E-state index contributed by atoms with van der Waals surface area (Å²) < 4.78 is 17.7. The van der Waals surface area contributed by atoms with E-state index >= 15 is 0 Å². The fourth-order valence-corrected chi connectivity index (χ4v) is 9.52. The van der Waals surface area contributed by atoms with Crippen molar-refractivity contribution in [3.63, 3.8) is 0 Å². The second-order valence-electron chi connectivity index (χ2n) is 15.3. The van der Waals surface area contributed by atoms with E-state index in [4.69, 9.17) is 8.83 Å². The summed E-state index contributed by atoms with van der Waals surface area (Å²) >= 11 is 0. The third-order valence-corrected chi connectivity index (χ3v) is 12.1. The van der Waals surface area contributed by atoms with Gasteiger partial charge in [-0.05, 0) is 107 Å². The van der Waals surface area contributed by atoms with Gasteiger partial charge in [-0.25, -0.2) is 0 Å². The lowest BCUT2D eigenvalue weighted by Gasteiger charge is -2.09. The number of aromatic nitrogens is 2. The van der Waals surface area contributed by atoms with Crippen molar-refractivity contribution < 1.29 is 8.83 Å². The molecule has 4 aromatic heterocycles. The second kappa shape index (κ2) is 11.8. The summed E-state index contributed by atoms with van der Waals surface area (Å²) in [4.78, 5) is 0. The molecule has 0 aliphatic heterocycles. The van der Waals surface area contributed by atoms with Crippen LogP contribution in [0.15, 0.2) is 203 Å². The molecule has 0 amide bonds. The molecule has 0 aliphatic carbocycles. The van der Waals surface area contributed by atoms with Gasteiger partial charge in [0.2, 0.25) is 0 Å². The zero-order valence-electron chi connectivity index (χ0n) is 31.2. The normalized spacial score (nSPS) is 12.1. The smallest absolute Gasteiger partial charge is 0.137 e. The highest BCUT2D eigenvalue weighted by Crippen LogP contribution is 2.43. The van der Waals surface area contributed by atoms with Crippen molar-refractivity contribution in [1.82, 2.24) is 9.13 Å². The molecule has 4 heteroatoms. The van der Waals surface area contributed by atoms with Gasteiger partial charge in [0.05, 0.1) is 22.1 Å². The van der Waals surface area contributed by atoms with Crippen LogP contribution >= 0.6 is 0 Å². The first-order valence-electron chi connectivity index (χ1n) is 19.7. The highest BCUT2D eigenvalue weighted by atomic mass is 16.3. The summed E-state index contributed by atoms with van der Waals surface area (Å²) in [5.74, 6) is 0. The Balaban J connectivity index is 1.01. The Kier molecular flexibility index (Phi) is 6.41. The first-order valence-corrected chi connectivity index (χ1v) is 19.7. The quantitative estimate of drug-likeness (QED) is 0.180. The van der Waals surface area contributed by atoms with Crippen molar-refractivity contribution in [2.24, 2.45) is 0 Å². The Morgan fingerprint density at radius 3 is 1.60 bits per heavy atom. The average molecular weight is 741 g/mol. The number of fused-ring (bicyclic) bond motifs is 12. The molecule has 4 nitrogen and oxygen atoms in total. The van der Waals surface area contributed by atoms with Gasteiger partial charge in [-0.2, -0.15) is 0 Å². The van der Waals surface area contributed by atoms with Gasteiger partial charge in [0.15, 0.2) is 0 Å². The zero-order valence-corrected chi connectivity index (χ0v) is 31.2. The van der Waals surface area contributed by atoms with Gasteiger partial charge in [0, 0.05) is 60.5 Å². The van der Waals surface area contributed by atoms with Gasteiger partial charge in [0.1, 0.15) is 22.3 Å². The van der Waals surface area contributed by atoms with E-state index in [-0.39, 0.29) is 0 Å². The first kappa shape index (κ1) is 31.4. The summed E-state index contributed by atoms with van der Waals surface area (Å²) in [6.45, 7) is 0. The zero-order chi connectivity index (χ0) is 37.9. The van der Waals surface area contributed by atoms with E-state index in [1.54, 1.807) is 0 Å². The van der Waals surface area contributed by atoms with E-state index in [9.17, 15) is 0 Å². The molecule has 0 fully saturated rings. The highest BCUT2D eigenvalue weighted by molar-refractivity contribution is 6.19. The van der Waals surface area contributed by atoms with Crippen LogP contribution in [0.3, 0.4) is 0 Å². The SMILES string of the molecule is c1ccc(-n2c3ccccc3c3cc(-c4cccc5oc6ccc(-c7ccc8c(c7)c7cc9c(cc7n8-c7ccccc7)oc7ccccc79)cc6c45)ccc32)cc1. The lowest BCUT2D eigenvalue weighted by atomic mass is 9.96. The van der Waals surface area contributed by atoms with E-state index in [1.807, 2.05) is 12.1 Å². The van der Waals surface area contributed by atoms with Gasteiger partial charge in [-0.3, -0.25) is 0 Å². The Labute approximate surface area is 332 Å². The highest BCUT2D eigenvalue weighted by Gasteiger charge is 2.20. The molecule has 0 atom stereocenters. The molecule has 4 heterocycles. The number of nitrogens with zero attached hydrogens (tertiary/aromatic N) is 2. The van der Waals surface area contributed by atoms with Crippen LogP contribution in [0.4, 0.5) is 0 Å². The van der Waals surface area contributed by atoms with Gasteiger partial charge in [0.25, 0.3) is 0 Å². The topological polar surface area (TPSA) is 36.1 Å². The maximum atomic E-state index is 6.56. The maximum Gasteiger partial charge on any atom is 0.137 e. The standard InChI is InChI=1S/C54H32N2O2/c1-3-12-36(13-4-1)55-46-19-9-7-16-39(46)41-30-35(23-26-47(41)55)38-18-11-21-52-54(38)45-29-34(24-27-51(45)57-52)33-22-25-48-42(28-33)43-31-44-40-17-8-10-20-50(40)58-53(44)32-49(43)56(48)37-14-5-2-6-15-37/h1-32H. The molecule has 0 saturated carbocycles. The molecular formula is C54H32N2O2. The molecule has 9 aromatic carbocycles. The van der Waals surface area contributed by atoms with Crippen LogP contribution in [0.25, 0.3) is 121 Å². The van der Waals surface area contributed by atoms with Crippen molar-refractivity contribution in [3.05, 3.63) is 194 Å². The first-order chi connectivity index (χ1) is 28.7. The third-order valence-electron chi connectivity index (χ3n) is 12.1. The van der Waals surface area contributed by atoms with Crippen LogP contribution in [0.1, 0.15) is 0 Å². The molecule has 58 heavy (non-hydrogen) atoms. The summed E-state index contributed by atoms with van der Waals surface area (Å²) in [5.41, 5.74) is 15.1. The lowest BCUT2D eigenvalue weighted by Crippen LogP contribution is -1.93. The van der Waals surface area contributed by atoms with Gasteiger partial charge in [-0.15, -0.1) is 0 Å². The minimum Gasteiger partial charge on any atom is -0.456 e. The van der Waals surface area contributed by atoms with Crippen LogP contribution in [-0.2, 0) is 0 Å². The molecule has 0 spiro atoms. The molecule has 0 aliphatic rings. The fraction of sp³-hybridized carbons (Fsp3) is 0. The lowest BCUT2D eigenvalue weighted by molar-refractivity contribution is 0.669. The maximum absolute atomic E-state index is 6.56. The molecule has 0 N–H and O–H groups in total. The van der Waals surface area contributed by atoms with Crippen LogP contribution < -0.4 is 0 Å². The van der Waals surface area contributed by atoms with Crippen LogP contribution in [0, 0.1) is 0 Å². The van der Waals surface area contributed by atoms with Crippen LogP contribution in [-0.4, -0.2) is 9.13 Å². The number of hydrogen-bond acceptors (Lipinski definition) is 2. The van der Waals surface area contributed by atoms with Gasteiger partial charge < -0.3 is 18.0 Å². The van der Waals surface area contributed by atoms with Crippen molar-refractivity contribution in [3.8, 4) is 33.6 Å². The average Bonchev–Trinajstić information content (AvgIpc) is 4.03. The number of benzene rings is 9. The number of para-hydroxylation sites is 4. The van der Waals surface area contributed by atoms with Crippen molar-refractivity contribution >= 4 is 87.5 Å². The fourth-order valence-electron chi connectivity index (χ4n) is 9.52. The minimum absolute atomic E-state index is 0.879. The van der Waals surface area contributed by atoms with E-state index < -0.39 is 0 Å². The summed E-state index contributed by atoms with van der Waals surface area (Å²) in [6.07, 6.45) is 0. The van der Waals surface area contributed by atoms with Crippen molar-refractivity contribution in [2.75, 3.05) is 0 Å². The van der Waals surface area contributed by atoms with E-state index in [0.29, 0.717) is 0 Å². The Morgan fingerprint density at radius 2 is 0.810 bits per heavy atom. The number of hydrogen-bond donors (Lipinski definition) is 0. The summed E-state index contributed by atoms with van der Waals surface area (Å²) in [6, 6.07) is 69.5. The Bertz CT molecular complexity index is 3790. The van der Waals surface area contributed by atoms with E-state index in [2.05, 4.69) is 191 Å². The monoisotopic (exact) mass is 740 g/mol. The van der Waals surface area contributed by atoms with Crippen molar-refractivity contribution in [2.45, 2.75) is 0 Å². The third kappa shape index (κ3) is 4.45. The minimum atomic E-state index is 0.879. The van der Waals surface area contributed by atoms with E-state index in [1.165, 1.54) is 32.6 Å². The van der Waals surface area contributed by atoms with Crippen molar-refractivity contribution in [1.29, 1.82) is 0 Å². The molecule has 0 unspecified atom stereocenters. The molecule has 0 radical (unpaired) electrons. The molecule has 270 valence electrons. The predicted octanol–water partition coefficient (Wildman–Crippen LogP) is 15.0. The molecule has 13 rings (SSSR count). The molecule has 13 aromatic rings. The van der Waals surface area contributed by atoms with Crippen LogP contribution in [0.2, 0.25) is 0 Å². The summed E-state index contributed by atoms with van der Waals surface area (Å²) in [7, 11) is 0. The number of furan rings is 2. The molecular weight excluding hydrogens is 709 g/mol. The molecule has 0 bridgehead atoms. The second-order valence-corrected chi connectivity index (χ2v) is 15.3. The Morgan fingerprint density at radius 1 is 0.276 bits per heavy atom. The van der Waals surface area contributed by atoms with Gasteiger partial charge in [-0.1, -0.05) is 103 Å². The van der Waals surface area contributed by atoms with E-state index in [0.717, 1.165) is 88.5 Å². The molecule has 0 saturated heterocycles. The van der Waals surface area contributed by atoms with Gasteiger partial charge >= 0.3 is 0 Å². The largest absolute Gasteiger partial charge is 0.456 e. The summed E-state index contributed by atoms with van der Waals surface area (Å²) in [5, 5.41) is 9.35. The predicted molar refractivity (Wildman–Crippen MR) is 241 cm³/mol. The Hall–Kier alpha value is -7.82.